The van der Waals surface area contributed by atoms with Crippen molar-refractivity contribution in [1.29, 1.82) is 0 Å². The van der Waals surface area contributed by atoms with Crippen LogP contribution in [0.15, 0.2) is 0 Å². The average Bonchev–Trinajstić information content (AvgIpc) is 2.75. The highest BCUT2D eigenvalue weighted by atomic mass is 32.1. The summed E-state index contributed by atoms with van der Waals surface area (Å²) in [6.07, 6.45) is 4.30. The lowest BCUT2D eigenvalue weighted by Crippen LogP contribution is -2.20. The molecule has 2 atom stereocenters. The van der Waals surface area contributed by atoms with Crippen LogP contribution >= 0.6 is 11.3 Å². The second-order valence-corrected chi connectivity index (χ2v) is 5.62. The molecule has 2 heterocycles. The fourth-order valence-electron chi connectivity index (χ4n) is 2.81. The summed E-state index contributed by atoms with van der Waals surface area (Å²) in [5, 5.41) is 10.5. The molecule has 14 heavy (non-hydrogen) atoms. The van der Waals surface area contributed by atoms with Gasteiger partial charge >= 0.3 is 0 Å². The van der Waals surface area contributed by atoms with Crippen molar-refractivity contribution >= 4 is 16.5 Å². The van der Waals surface area contributed by atoms with Gasteiger partial charge in [-0.1, -0.05) is 17.8 Å². The van der Waals surface area contributed by atoms with Crippen LogP contribution in [0, 0.1) is 18.8 Å². The fraction of sp³-hybridized carbons (Fsp3) is 0.800. The predicted molar refractivity (Wildman–Crippen MR) is 57.7 cm³/mol. The molecule has 1 saturated heterocycles. The first-order valence-electron chi connectivity index (χ1n) is 5.38. The molecule has 0 spiro atoms. The lowest BCUT2D eigenvalue weighted by atomic mass is 10.0. The number of aryl methyl sites for hydroxylation is 1. The van der Waals surface area contributed by atoms with Crippen LogP contribution in [-0.4, -0.2) is 23.3 Å². The summed E-state index contributed by atoms with van der Waals surface area (Å²) in [6.45, 7) is 4.47. The summed E-state index contributed by atoms with van der Waals surface area (Å²) < 4.78 is 0. The maximum Gasteiger partial charge on any atom is 0.208 e. The summed E-state index contributed by atoms with van der Waals surface area (Å²) >= 11 is 1.73. The Hall–Kier alpha value is -0.640. The number of rotatable bonds is 1. The Balaban J connectivity index is 1.76. The fourth-order valence-corrected chi connectivity index (χ4v) is 3.51. The van der Waals surface area contributed by atoms with Crippen molar-refractivity contribution in [2.75, 3.05) is 18.0 Å². The van der Waals surface area contributed by atoms with Gasteiger partial charge in [-0.05, 0) is 31.6 Å². The molecule has 0 aromatic carbocycles. The number of aromatic nitrogens is 2. The Morgan fingerprint density at radius 3 is 2.50 bits per heavy atom. The average molecular weight is 209 g/mol. The van der Waals surface area contributed by atoms with Gasteiger partial charge in [-0.3, -0.25) is 0 Å². The van der Waals surface area contributed by atoms with Crippen LogP contribution in [0.25, 0.3) is 0 Å². The summed E-state index contributed by atoms with van der Waals surface area (Å²) in [5.74, 6) is 1.89. The summed E-state index contributed by atoms with van der Waals surface area (Å²) in [5.41, 5.74) is 0. The van der Waals surface area contributed by atoms with Gasteiger partial charge in [-0.15, -0.1) is 10.2 Å². The first-order valence-corrected chi connectivity index (χ1v) is 6.19. The second kappa shape index (κ2) is 3.19. The molecule has 0 bridgehead atoms. The monoisotopic (exact) mass is 209 g/mol. The van der Waals surface area contributed by atoms with E-state index < -0.39 is 0 Å². The van der Waals surface area contributed by atoms with E-state index in [9.17, 15) is 0 Å². The van der Waals surface area contributed by atoms with Gasteiger partial charge in [0.1, 0.15) is 5.01 Å². The molecule has 3 nitrogen and oxygen atoms in total. The van der Waals surface area contributed by atoms with E-state index in [1.54, 1.807) is 11.3 Å². The Morgan fingerprint density at radius 2 is 1.93 bits per heavy atom. The number of fused-ring (bicyclic) bond motifs is 1. The van der Waals surface area contributed by atoms with Crippen LogP contribution in [0.2, 0.25) is 0 Å². The summed E-state index contributed by atoms with van der Waals surface area (Å²) in [6, 6.07) is 0. The number of anilines is 1. The molecule has 2 fully saturated rings. The van der Waals surface area contributed by atoms with Crippen molar-refractivity contribution in [3.63, 3.8) is 0 Å². The normalized spacial score (nSPS) is 31.1. The van der Waals surface area contributed by atoms with Crippen molar-refractivity contribution in [3.8, 4) is 0 Å². The molecule has 0 amide bonds. The largest absolute Gasteiger partial charge is 0.346 e. The summed E-state index contributed by atoms with van der Waals surface area (Å²) in [4.78, 5) is 2.43. The number of hydrogen-bond donors (Lipinski definition) is 0. The van der Waals surface area contributed by atoms with E-state index in [0.717, 1.165) is 22.0 Å². The molecule has 0 unspecified atom stereocenters. The Labute approximate surface area is 88.1 Å². The third-order valence-electron chi connectivity index (χ3n) is 3.51. The molecule has 1 aliphatic heterocycles. The molecule has 1 saturated carbocycles. The highest BCUT2D eigenvalue weighted by Crippen LogP contribution is 2.39. The van der Waals surface area contributed by atoms with Gasteiger partial charge < -0.3 is 4.90 Å². The number of hydrogen-bond acceptors (Lipinski definition) is 4. The lowest BCUT2D eigenvalue weighted by molar-refractivity contribution is 0.494. The minimum Gasteiger partial charge on any atom is -0.346 e. The van der Waals surface area contributed by atoms with Crippen molar-refractivity contribution < 1.29 is 0 Å². The molecule has 0 radical (unpaired) electrons. The van der Waals surface area contributed by atoms with Crippen LogP contribution in [0.4, 0.5) is 5.13 Å². The van der Waals surface area contributed by atoms with E-state index in [1.807, 2.05) is 6.92 Å². The van der Waals surface area contributed by atoms with E-state index in [-0.39, 0.29) is 0 Å². The molecule has 2 aliphatic rings. The van der Waals surface area contributed by atoms with Gasteiger partial charge in [-0.2, -0.15) is 0 Å². The molecule has 1 aromatic rings. The quantitative estimate of drug-likeness (QED) is 0.709. The van der Waals surface area contributed by atoms with E-state index in [2.05, 4.69) is 15.1 Å². The van der Waals surface area contributed by atoms with Gasteiger partial charge in [0, 0.05) is 13.1 Å². The highest BCUT2D eigenvalue weighted by molar-refractivity contribution is 7.15. The van der Waals surface area contributed by atoms with E-state index in [4.69, 9.17) is 0 Å². The zero-order valence-corrected chi connectivity index (χ0v) is 9.26. The van der Waals surface area contributed by atoms with Crippen LogP contribution in [0.3, 0.4) is 0 Å². The molecule has 1 aromatic heterocycles. The zero-order chi connectivity index (χ0) is 9.54. The maximum absolute atomic E-state index is 4.22. The van der Waals surface area contributed by atoms with Crippen LogP contribution in [0.5, 0.6) is 0 Å². The van der Waals surface area contributed by atoms with Crippen molar-refractivity contribution in [1.82, 2.24) is 10.2 Å². The van der Waals surface area contributed by atoms with E-state index >= 15 is 0 Å². The topological polar surface area (TPSA) is 29.0 Å². The van der Waals surface area contributed by atoms with Gasteiger partial charge in [0.25, 0.3) is 0 Å². The zero-order valence-electron chi connectivity index (χ0n) is 8.44. The smallest absolute Gasteiger partial charge is 0.208 e. The molecule has 1 aliphatic carbocycles. The SMILES string of the molecule is Cc1nnc(N2C[C@H]3CCC[C@H]3C2)s1. The van der Waals surface area contributed by atoms with Crippen LogP contribution < -0.4 is 4.90 Å². The number of nitrogens with zero attached hydrogens (tertiary/aromatic N) is 3. The third kappa shape index (κ3) is 1.32. The second-order valence-electron chi connectivity index (χ2n) is 4.46. The maximum atomic E-state index is 4.22. The first-order chi connectivity index (χ1) is 6.83. The predicted octanol–water partition coefficient (Wildman–Crippen LogP) is 2.08. The Kier molecular flexibility index (Phi) is 1.97. The minimum atomic E-state index is 0.944. The van der Waals surface area contributed by atoms with Gasteiger partial charge in [0.2, 0.25) is 5.13 Å². The molecule has 0 N–H and O–H groups in total. The van der Waals surface area contributed by atoms with Crippen molar-refractivity contribution in [2.45, 2.75) is 26.2 Å². The first kappa shape index (κ1) is 8.65. The Morgan fingerprint density at radius 1 is 1.21 bits per heavy atom. The lowest BCUT2D eigenvalue weighted by Gasteiger charge is -2.14. The van der Waals surface area contributed by atoms with Crippen LogP contribution in [-0.2, 0) is 0 Å². The molecular formula is C10H15N3S. The minimum absolute atomic E-state index is 0.944. The highest BCUT2D eigenvalue weighted by Gasteiger charge is 2.37. The van der Waals surface area contributed by atoms with Crippen molar-refractivity contribution in [3.05, 3.63) is 5.01 Å². The molecule has 76 valence electrons. The van der Waals surface area contributed by atoms with E-state index in [0.29, 0.717) is 0 Å². The third-order valence-corrected chi connectivity index (χ3v) is 4.41. The van der Waals surface area contributed by atoms with Gasteiger partial charge in [-0.25, -0.2) is 0 Å². The van der Waals surface area contributed by atoms with Gasteiger partial charge in [0.15, 0.2) is 0 Å². The van der Waals surface area contributed by atoms with Crippen molar-refractivity contribution in [2.24, 2.45) is 11.8 Å². The summed E-state index contributed by atoms with van der Waals surface area (Å²) in [7, 11) is 0. The van der Waals surface area contributed by atoms with E-state index in [1.165, 1.54) is 32.4 Å². The molecular weight excluding hydrogens is 194 g/mol. The molecule has 4 heteroatoms. The standard InChI is InChI=1S/C10H15N3S/c1-7-11-12-10(14-7)13-5-8-3-2-4-9(8)6-13/h8-9H,2-6H2,1H3/t8-,9+. The van der Waals surface area contributed by atoms with Gasteiger partial charge in [0.05, 0.1) is 0 Å². The van der Waals surface area contributed by atoms with Crippen LogP contribution in [0.1, 0.15) is 24.3 Å². The molecule has 3 rings (SSSR count). The Bertz CT molecular complexity index is 324.